The van der Waals surface area contributed by atoms with Gasteiger partial charge in [-0.2, -0.15) is 5.10 Å². The van der Waals surface area contributed by atoms with Gasteiger partial charge in [0, 0.05) is 36.4 Å². The Morgan fingerprint density at radius 3 is 2.39 bits per heavy atom. The number of amides is 2. The van der Waals surface area contributed by atoms with Crippen molar-refractivity contribution in [2.75, 3.05) is 33.3 Å². The number of aryl methyl sites for hydroxylation is 1. The number of aromatic nitrogens is 2. The van der Waals surface area contributed by atoms with E-state index in [1.807, 2.05) is 26.0 Å². The average Bonchev–Trinajstić information content (AvgIpc) is 3.08. The maximum absolute atomic E-state index is 12.9. The predicted molar refractivity (Wildman–Crippen MR) is 125 cm³/mol. The number of hydrogen-bond donors (Lipinski definition) is 0. The smallest absolute Gasteiger partial charge is 0.309 e. The fourth-order valence-corrected chi connectivity index (χ4v) is 4.19. The molecule has 1 saturated heterocycles. The largest absolute Gasteiger partial charge is 0.466 e. The number of hydrogen-bond acceptors (Lipinski definition) is 5. The molecule has 2 amide bonds. The fraction of sp³-hybridized carbons (Fsp3) is 0.500. The van der Waals surface area contributed by atoms with Gasteiger partial charge < -0.3 is 14.5 Å². The van der Waals surface area contributed by atoms with E-state index in [0.717, 1.165) is 22.6 Å². The molecule has 3 rings (SSSR count). The number of likely N-dealkylation sites (N-methyl/N-ethyl adjacent to an activating group) is 1. The number of carbonyl (C=O) groups excluding carboxylic acids is 3. The molecule has 0 saturated carbocycles. The van der Waals surface area contributed by atoms with Crippen LogP contribution in [0.5, 0.6) is 0 Å². The van der Waals surface area contributed by atoms with Gasteiger partial charge in [-0.1, -0.05) is 11.6 Å². The van der Waals surface area contributed by atoms with E-state index in [1.54, 1.807) is 35.7 Å². The van der Waals surface area contributed by atoms with E-state index in [0.29, 0.717) is 37.6 Å². The lowest BCUT2D eigenvalue weighted by Gasteiger charge is -2.32. The van der Waals surface area contributed by atoms with E-state index >= 15 is 0 Å². The monoisotopic (exact) mass is 474 g/mol. The molecule has 0 bridgehead atoms. The SMILES string of the molecule is CCOC(=O)C1CCN(C(=O)CN(C)C(=O)Cc2c(C)nn(-c3ccc(Cl)cc3)c2C)CC1. The van der Waals surface area contributed by atoms with Crippen molar-refractivity contribution in [2.45, 2.75) is 40.0 Å². The molecule has 178 valence electrons. The van der Waals surface area contributed by atoms with Gasteiger partial charge in [0.25, 0.3) is 0 Å². The van der Waals surface area contributed by atoms with Crippen LogP contribution < -0.4 is 0 Å². The highest BCUT2D eigenvalue weighted by atomic mass is 35.5. The van der Waals surface area contributed by atoms with Crippen LogP contribution in [0, 0.1) is 19.8 Å². The van der Waals surface area contributed by atoms with Crippen LogP contribution in [0.25, 0.3) is 5.69 Å². The highest BCUT2D eigenvalue weighted by Crippen LogP contribution is 2.21. The molecule has 1 fully saturated rings. The van der Waals surface area contributed by atoms with Crippen LogP contribution in [-0.4, -0.2) is 70.7 Å². The maximum Gasteiger partial charge on any atom is 0.309 e. The van der Waals surface area contributed by atoms with Crippen LogP contribution in [0.1, 0.15) is 36.7 Å². The zero-order valence-electron chi connectivity index (χ0n) is 19.6. The van der Waals surface area contributed by atoms with Crippen molar-refractivity contribution in [2.24, 2.45) is 5.92 Å². The van der Waals surface area contributed by atoms with E-state index in [1.165, 1.54) is 4.90 Å². The summed E-state index contributed by atoms with van der Waals surface area (Å²) in [6, 6.07) is 7.35. The molecule has 1 aliphatic heterocycles. The molecule has 8 nitrogen and oxygen atoms in total. The van der Waals surface area contributed by atoms with Crippen LogP contribution >= 0.6 is 11.6 Å². The lowest BCUT2D eigenvalue weighted by molar-refractivity contribution is -0.151. The molecule has 2 aromatic rings. The van der Waals surface area contributed by atoms with Crippen LogP contribution in [0.2, 0.25) is 5.02 Å². The fourth-order valence-electron chi connectivity index (χ4n) is 4.07. The topological polar surface area (TPSA) is 84.7 Å². The molecule has 1 aromatic carbocycles. The van der Waals surface area contributed by atoms with Crippen LogP contribution in [-0.2, 0) is 25.5 Å². The predicted octanol–water partition coefficient (Wildman–Crippen LogP) is 2.95. The minimum Gasteiger partial charge on any atom is -0.466 e. The third kappa shape index (κ3) is 5.93. The molecular weight excluding hydrogens is 444 g/mol. The Morgan fingerprint density at radius 1 is 1.15 bits per heavy atom. The van der Waals surface area contributed by atoms with Crippen molar-refractivity contribution in [1.29, 1.82) is 0 Å². The molecule has 2 heterocycles. The Labute approximate surface area is 199 Å². The molecule has 0 atom stereocenters. The van der Waals surface area contributed by atoms with Gasteiger partial charge >= 0.3 is 5.97 Å². The first kappa shape index (κ1) is 24.8. The molecule has 1 aliphatic rings. The van der Waals surface area contributed by atoms with Gasteiger partial charge in [-0.15, -0.1) is 0 Å². The van der Waals surface area contributed by atoms with Crippen molar-refractivity contribution in [1.82, 2.24) is 19.6 Å². The Kier molecular flexibility index (Phi) is 8.13. The van der Waals surface area contributed by atoms with E-state index in [2.05, 4.69) is 5.10 Å². The number of piperidine rings is 1. The molecule has 33 heavy (non-hydrogen) atoms. The molecule has 0 radical (unpaired) electrons. The summed E-state index contributed by atoms with van der Waals surface area (Å²) in [7, 11) is 1.64. The van der Waals surface area contributed by atoms with Gasteiger partial charge in [0.2, 0.25) is 11.8 Å². The summed E-state index contributed by atoms with van der Waals surface area (Å²) in [6.07, 6.45) is 1.34. The summed E-state index contributed by atoms with van der Waals surface area (Å²) >= 11 is 5.98. The summed E-state index contributed by atoms with van der Waals surface area (Å²) in [6.45, 7) is 6.95. The standard InChI is InChI=1S/C24H31ClN4O4/c1-5-33-24(32)18-10-12-28(13-11-18)23(31)15-27(4)22(30)14-21-16(2)26-29(17(21)3)20-8-6-19(25)7-9-20/h6-9,18H,5,10-15H2,1-4H3. The van der Waals surface area contributed by atoms with Gasteiger partial charge in [0.1, 0.15) is 0 Å². The first-order chi connectivity index (χ1) is 15.7. The van der Waals surface area contributed by atoms with Crippen LogP contribution in [0.15, 0.2) is 24.3 Å². The molecule has 0 unspecified atom stereocenters. The summed E-state index contributed by atoms with van der Waals surface area (Å²) in [5.74, 6) is -0.608. The Hall–Kier alpha value is -2.87. The number of carbonyl (C=O) groups is 3. The first-order valence-corrected chi connectivity index (χ1v) is 11.6. The van der Waals surface area contributed by atoms with Crippen LogP contribution in [0.4, 0.5) is 0 Å². The van der Waals surface area contributed by atoms with E-state index < -0.39 is 0 Å². The lowest BCUT2D eigenvalue weighted by Crippen LogP contribution is -2.46. The van der Waals surface area contributed by atoms with E-state index in [9.17, 15) is 14.4 Å². The molecule has 1 aromatic heterocycles. The Morgan fingerprint density at radius 2 is 1.79 bits per heavy atom. The number of likely N-dealkylation sites (tertiary alicyclic amines) is 1. The molecule has 0 N–H and O–H groups in total. The van der Waals surface area contributed by atoms with Gasteiger partial charge in [-0.25, -0.2) is 4.68 Å². The first-order valence-electron chi connectivity index (χ1n) is 11.2. The molecule has 9 heteroatoms. The normalized spacial score (nSPS) is 14.3. The quantitative estimate of drug-likeness (QED) is 0.576. The van der Waals surface area contributed by atoms with Gasteiger partial charge in [0.05, 0.1) is 36.9 Å². The van der Waals surface area contributed by atoms with Crippen molar-refractivity contribution in [3.05, 3.63) is 46.2 Å². The third-order valence-corrected chi connectivity index (χ3v) is 6.36. The minimum atomic E-state index is -0.193. The average molecular weight is 475 g/mol. The number of halogens is 1. The number of benzene rings is 1. The third-order valence-electron chi connectivity index (χ3n) is 6.11. The minimum absolute atomic E-state index is 0.00627. The van der Waals surface area contributed by atoms with Gasteiger partial charge in [-0.3, -0.25) is 14.4 Å². The van der Waals surface area contributed by atoms with Crippen molar-refractivity contribution in [3.8, 4) is 5.69 Å². The highest BCUT2D eigenvalue weighted by molar-refractivity contribution is 6.30. The second-order valence-electron chi connectivity index (χ2n) is 8.37. The maximum atomic E-state index is 12.9. The number of ether oxygens (including phenoxy) is 1. The molecule has 0 aliphatic carbocycles. The van der Waals surface area contributed by atoms with Gasteiger partial charge in [-0.05, 0) is 57.9 Å². The number of esters is 1. The molecular formula is C24H31ClN4O4. The summed E-state index contributed by atoms with van der Waals surface area (Å²) in [5, 5.41) is 5.23. The Bertz CT molecular complexity index is 1010. The van der Waals surface area contributed by atoms with Crippen LogP contribution in [0.3, 0.4) is 0 Å². The Balaban J connectivity index is 1.57. The summed E-state index contributed by atoms with van der Waals surface area (Å²) in [5.41, 5.74) is 3.37. The second kappa shape index (κ2) is 10.8. The number of rotatable bonds is 7. The van der Waals surface area contributed by atoms with Crippen molar-refractivity contribution in [3.63, 3.8) is 0 Å². The molecule has 0 spiro atoms. The second-order valence-corrected chi connectivity index (χ2v) is 8.81. The zero-order chi connectivity index (χ0) is 24.1. The van der Waals surface area contributed by atoms with Crippen molar-refractivity contribution >= 4 is 29.4 Å². The lowest BCUT2D eigenvalue weighted by atomic mass is 9.97. The van der Waals surface area contributed by atoms with E-state index in [-0.39, 0.29) is 36.7 Å². The number of nitrogens with zero attached hydrogens (tertiary/aromatic N) is 4. The van der Waals surface area contributed by atoms with E-state index in [4.69, 9.17) is 16.3 Å². The van der Waals surface area contributed by atoms with Gasteiger partial charge in [0.15, 0.2) is 0 Å². The zero-order valence-corrected chi connectivity index (χ0v) is 20.4. The summed E-state index contributed by atoms with van der Waals surface area (Å²) in [4.78, 5) is 40.6. The highest BCUT2D eigenvalue weighted by Gasteiger charge is 2.29. The summed E-state index contributed by atoms with van der Waals surface area (Å²) < 4.78 is 6.87. The van der Waals surface area contributed by atoms with Crippen molar-refractivity contribution < 1.29 is 19.1 Å².